The Labute approximate surface area is 146 Å². The molecule has 1 aliphatic rings. The van der Waals surface area contributed by atoms with Crippen molar-refractivity contribution < 1.29 is 18.8 Å². The van der Waals surface area contributed by atoms with Gasteiger partial charge in [-0.05, 0) is 38.1 Å². The normalized spacial score (nSPS) is 17.5. The van der Waals surface area contributed by atoms with Crippen molar-refractivity contribution in [3.8, 4) is 0 Å². The largest absolute Gasteiger partial charge is 0.465 e. The van der Waals surface area contributed by atoms with E-state index in [9.17, 15) is 9.59 Å². The molecule has 1 fully saturated rings. The summed E-state index contributed by atoms with van der Waals surface area (Å²) < 4.78 is 9.71. The Bertz CT molecular complexity index is 769. The van der Waals surface area contributed by atoms with Crippen LogP contribution in [0.4, 0.5) is 5.69 Å². The van der Waals surface area contributed by atoms with Crippen LogP contribution in [0.3, 0.4) is 0 Å². The number of aryl methyl sites for hydroxylation is 1. The molecule has 2 aromatic rings. The lowest BCUT2D eigenvalue weighted by Gasteiger charge is -2.40. The number of rotatable bonds is 3. The molecule has 1 saturated heterocycles. The second-order valence-electron chi connectivity index (χ2n) is 6.15. The van der Waals surface area contributed by atoms with Crippen molar-refractivity contribution in [2.45, 2.75) is 19.9 Å². The van der Waals surface area contributed by atoms with Crippen molar-refractivity contribution in [1.82, 2.24) is 10.1 Å². The van der Waals surface area contributed by atoms with Crippen LogP contribution < -0.4 is 4.90 Å². The van der Waals surface area contributed by atoms with Gasteiger partial charge in [-0.2, -0.15) is 0 Å². The van der Waals surface area contributed by atoms with Crippen molar-refractivity contribution in [2.75, 3.05) is 31.6 Å². The molecule has 1 amide bonds. The van der Waals surface area contributed by atoms with Crippen molar-refractivity contribution in [1.29, 1.82) is 0 Å². The number of hydrogen-bond acceptors (Lipinski definition) is 6. The summed E-state index contributed by atoms with van der Waals surface area (Å²) in [7, 11) is 1.37. The molecule has 0 radical (unpaired) electrons. The van der Waals surface area contributed by atoms with Gasteiger partial charge in [0.05, 0.1) is 12.7 Å². The fourth-order valence-electron chi connectivity index (χ4n) is 3.03. The van der Waals surface area contributed by atoms with E-state index in [4.69, 9.17) is 9.26 Å². The van der Waals surface area contributed by atoms with E-state index in [1.54, 1.807) is 25.1 Å². The summed E-state index contributed by atoms with van der Waals surface area (Å²) in [6.07, 6.45) is 0. The van der Waals surface area contributed by atoms with Crippen LogP contribution in [0.5, 0.6) is 0 Å². The average molecular weight is 343 g/mol. The van der Waals surface area contributed by atoms with E-state index in [-0.39, 0.29) is 17.9 Å². The van der Waals surface area contributed by atoms with Gasteiger partial charge in [-0.25, -0.2) is 4.79 Å². The quantitative estimate of drug-likeness (QED) is 0.795. The van der Waals surface area contributed by atoms with E-state index in [2.05, 4.69) is 10.1 Å². The molecular weight excluding hydrogens is 322 g/mol. The Balaban J connectivity index is 1.67. The van der Waals surface area contributed by atoms with Gasteiger partial charge < -0.3 is 19.1 Å². The molecule has 0 spiro atoms. The Morgan fingerprint density at radius 1 is 1.24 bits per heavy atom. The Morgan fingerprint density at radius 2 is 1.96 bits per heavy atom. The minimum absolute atomic E-state index is 0.0403. The average Bonchev–Trinajstić information content (AvgIpc) is 3.07. The highest BCUT2D eigenvalue weighted by Gasteiger charge is 2.29. The van der Waals surface area contributed by atoms with Crippen LogP contribution >= 0.6 is 0 Å². The third kappa shape index (κ3) is 3.50. The molecule has 1 aliphatic heterocycles. The van der Waals surface area contributed by atoms with Crippen LogP contribution in [0.15, 0.2) is 34.9 Å². The monoisotopic (exact) mass is 343 g/mol. The number of esters is 1. The lowest BCUT2D eigenvalue weighted by atomic mass is 10.1. The minimum Gasteiger partial charge on any atom is -0.465 e. The number of amides is 1. The van der Waals surface area contributed by atoms with E-state index < -0.39 is 0 Å². The number of hydrogen-bond donors (Lipinski definition) is 0. The molecule has 3 rings (SSSR count). The second kappa shape index (κ2) is 6.96. The van der Waals surface area contributed by atoms with Gasteiger partial charge in [-0.15, -0.1) is 0 Å². The van der Waals surface area contributed by atoms with E-state index in [1.165, 1.54) is 7.11 Å². The third-order valence-electron chi connectivity index (χ3n) is 4.39. The smallest absolute Gasteiger partial charge is 0.337 e. The van der Waals surface area contributed by atoms with Crippen molar-refractivity contribution in [2.24, 2.45) is 0 Å². The van der Waals surface area contributed by atoms with Gasteiger partial charge >= 0.3 is 5.97 Å². The number of carbonyl (C=O) groups excluding carboxylic acids is 2. The van der Waals surface area contributed by atoms with Crippen LogP contribution in [0.1, 0.15) is 33.5 Å². The van der Waals surface area contributed by atoms with Gasteiger partial charge in [0.25, 0.3) is 5.91 Å². The van der Waals surface area contributed by atoms with Crippen molar-refractivity contribution in [3.63, 3.8) is 0 Å². The predicted octanol–water partition coefficient (Wildman–Crippen LogP) is 2.12. The molecule has 7 heteroatoms. The van der Waals surface area contributed by atoms with E-state index in [0.717, 1.165) is 5.69 Å². The first-order valence-corrected chi connectivity index (χ1v) is 8.17. The molecule has 1 aromatic carbocycles. The van der Waals surface area contributed by atoms with Gasteiger partial charge in [0, 0.05) is 37.4 Å². The fourth-order valence-corrected chi connectivity index (χ4v) is 3.03. The Morgan fingerprint density at radius 3 is 2.52 bits per heavy atom. The molecule has 0 aliphatic carbocycles. The van der Waals surface area contributed by atoms with E-state index in [1.807, 2.05) is 24.0 Å². The first-order valence-electron chi connectivity index (χ1n) is 8.17. The highest BCUT2D eigenvalue weighted by molar-refractivity contribution is 5.92. The molecule has 132 valence electrons. The highest BCUT2D eigenvalue weighted by atomic mass is 16.5. The first kappa shape index (κ1) is 17.0. The van der Waals surface area contributed by atoms with Crippen LogP contribution in [-0.2, 0) is 4.74 Å². The summed E-state index contributed by atoms with van der Waals surface area (Å²) in [5.41, 5.74) is 1.89. The van der Waals surface area contributed by atoms with Gasteiger partial charge in [0.1, 0.15) is 5.76 Å². The van der Waals surface area contributed by atoms with Crippen molar-refractivity contribution >= 4 is 17.6 Å². The molecule has 0 N–H and O–H groups in total. The summed E-state index contributed by atoms with van der Waals surface area (Å²) in [6, 6.07) is 9.00. The standard InChI is InChI=1S/C18H21N3O4/c1-12-11-20(15-6-4-14(5-7-15)18(23)24-3)8-9-21(12)17(22)16-10-13(2)25-19-16/h4-7,10,12H,8-9,11H2,1-3H3/t12-/m1/s1. The number of methoxy groups -OCH3 is 1. The van der Waals surface area contributed by atoms with Crippen LogP contribution in [-0.4, -0.2) is 54.7 Å². The number of carbonyl (C=O) groups is 2. The van der Waals surface area contributed by atoms with Gasteiger partial charge in [-0.3, -0.25) is 4.79 Å². The van der Waals surface area contributed by atoms with Crippen LogP contribution in [0, 0.1) is 6.92 Å². The Hall–Kier alpha value is -2.83. The molecule has 0 saturated carbocycles. The van der Waals surface area contributed by atoms with E-state index in [0.29, 0.717) is 36.7 Å². The molecule has 25 heavy (non-hydrogen) atoms. The second-order valence-corrected chi connectivity index (χ2v) is 6.15. The summed E-state index contributed by atoms with van der Waals surface area (Å²) in [6.45, 7) is 5.80. The number of piperazine rings is 1. The number of anilines is 1. The van der Waals surface area contributed by atoms with Gasteiger partial charge in [-0.1, -0.05) is 5.16 Å². The SMILES string of the molecule is COC(=O)c1ccc(N2CCN(C(=O)c3cc(C)on3)[C@H](C)C2)cc1. The Kier molecular flexibility index (Phi) is 4.74. The summed E-state index contributed by atoms with van der Waals surface area (Å²) >= 11 is 0. The molecule has 1 atom stereocenters. The van der Waals surface area contributed by atoms with Crippen molar-refractivity contribution in [3.05, 3.63) is 47.3 Å². The first-order chi connectivity index (χ1) is 12.0. The summed E-state index contributed by atoms with van der Waals surface area (Å²) in [4.78, 5) is 28.1. The highest BCUT2D eigenvalue weighted by Crippen LogP contribution is 2.21. The zero-order valence-electron chi connectivity index (χ0n) is 14.6. The molecular formula is C18H21N3O4. The lowest BCUT2D eigenvalue weighted by Crippen LogP contribution is -2.54. The van der Waals surface area contributed by atoms with Crippen LogP contribution in [0.25, 0.3) is 0 Å². The lowest BCUT2D eigenvalue weighted by molar-refractivity contribution is 0.0599. The maximum absolute atomic E-state index is 12.6. The van der Waals surface area contributed by atoms with Gasteiger partial charge in [0.2, 0.25) is 0 Å². The third-order valence-corrected chi connectivity index (χ3v) is 4.39. The maximum Gasteiger partial charge on any atom is 0.337 e. The topological polar surface area (TPSA) is 75.9 Å². The zero-order valence-corrected chi connectivity index (χ0v) is 14.6. The summed E-state index contributed by atoms with van der Waals surface area (Å²) in [5.74, 6) is 0.170. The zero-order chi connectivity index (χ0) is 18.0. The molecule has 0 unspecified atom stereocenters. The molecule has 0 bridgehead atoms. The molecule has 2 heterocycles. The molecule has 1 aromatic heterocycles. The van der Waals surface area contributed by atoms with E-state index >= 15 is 0 Å². The maximum atomic E-state index is 12.6. The number of benzene rings is 1. The number of nitrogens with zero attached hydrogens (tertiary/aromatic N) is 3. The summed E-state index contributed by atoms with van der Waals surface area (Å²) in [5, 5.41) is 3.81. The minimum atomic E-state index is -0.349. The van der Waals surface area contributed by atoms with Crippen LogP contribution in [0.2, 0.25) is 0 Å². The number of aromatic nitrogens is 1. The van der Waals surface area contributed by atoms with Gasteiger partial charge in [0.15, 0.2) is 5.69 Å². The molecule has 7 nitrogen and oxygen atoms in total. The number of ether oxygens (including phenoxy) is 1. The fraction of sp³-hybridized carbons (Fsp3) is 0.389. The predicted molar refractivity (Wildman–Crippen MR) is 91.7 cm³/mol.